The summed E-state index contributed by atoms with van der Waals surface area (Å²) in [7, 11) is 0. The molecule has 4 unspecified atom stereocenters. The molecule has 0 saturated carbocycles. The lowest BCUT2D eigenvalue weighted by Gasteiger charge is -2.29. The number of hydrogen-bond acceptors (Lipinski definition) is 3. The summed E-state index contributed by atoms with van der Waals surface area (Å²) in [5.41, 5.74) is 0.0997. The van der Waals surface area contributed by atoms with Crippen molar-refractivity contribution >= 4 is 17.5 Å². The molecular formula is C19H20ClF3N4O2. The minimum absolute atomic E-state index is 0.0498. The molecule has 1 aromatic heterocycles. The maximum atomic E-state index is 13.5. The molecule has 2 aliphatic heterocycles. The normalized spacial score (nSPS) is 26.6. The van der Waals surface area contributed by atoms with Crippen molar-refractivity contribution < 1.29 is 18.0 Å². The molecule has 2 aliphatic rings. The van der Waals surface area contributed by atoms with Crippen LogP contribution in [0.5, 0.6) is 0 Å². The van der Waals surface area contributed by atoms with Crippen LogP contribution >= 0.6 is 11.6 Å². The summed E-state index contributed by atoms with van der Waals surface area (Å²) >= 11 is 5.81. The van der Waals surface area contributed by atoms with E-state index in [1.807, 2.05) is 6.92 Å². The third kappa shape index (κ3) is 3.56. The molecule has 0 N–H and O–H groups in total. The molecule has 156 valence electrons. The van der Waals surface area contributed by atoms with Crippen LogP contribution in [0.25, 0.3) is 0 Å². The molecule has 1 fully saturated rings. The molecule has 0 bridgehead atoms. The van der Waals surface area contributed by atoms with Crippen molar-refractivity contribution in [2.45, 2.75) is 50.6 Å². The molecule has 10 heteroatoms. The number of hydrogen-bond donors (Lipinski definition) is 0. The molecule has 6 nitrogen and oxygen atoms in total. The maximum absolute atomic E-state index is 13.5. The van der Waals surface area contributed by atoms with Crippen molar-refractivity contribution in [2.75, 3.05) is 13.1 Å². The average molecular weight is 429 g/mol. The average Bonchev–Trinajstić information content (AvgIpc) is 3.19. The molecule has 1 aromatic carbocycles. The van der Waals surface area contributed by atoms with Crippen molar-refractivity contribution in [1.29, 1.82) is 0 Å². The van der Waals surface area contributed by atoms with E-state index in [1.165, 1.54) is 27.4 Å². The molecule has 0 radical (unpaired) electrons. The van der Waals surface area contributed by atoms with E-state index in [9.17, 15) is 22.8 Å². The summed E-state index contributed by atoms with van der Waals surface area (Å²) in [5, 5.41) is 4.32. The van der Waals surface area contributed by atoms with Crippen LogP contribution in [0, 0.1) is 5.82 Å². The highest BCUT2D eigenvalue weighted by Crippen LogP contribution is 2.33. The second kappa shape index (κ2) is 7.51. The minimum atomic E-state index is -1.70. The van der Waals surface area contributed by atoms with Gasteiger partial charge in [-0.1, -0.05) is 24.6 Å². The van der Waals surface area contributed by atoms with Gasteiger partial charge in [0.05, 0.1) is 24.7 Å². The fourth-order valence-electron chi connectivity index (χ4n) is 3.99. The summed E-state index contributed by atoms with van der Waals surface area (Å²) in [6.07, 6.45) is -2.39. The lowest BCUT2D eigenvalue weighted by atomic mass is 9.95. The molecule has 0 aliphatic carbocycles. The maximum Gasteiger partial charge on any atom is 0.347 e. The fourth-order valence-corrected chi connectivity index (χ4v) is 4.20. The zero-order valence-corrected chi connectivity index (χ0v) is 16.5. The zero-order valence-electron chi connectivity index (χ0n) is 15.7. The number of likely N-dealkylation sites (tertiary alicyclic amines) is 1. The summed E-state index contributed by atoms with van der Waals surface area (Å²) < 4.78 is 43.0. The van der Waals surface area contributed by atoms with Gasteiger partial charge in [0.2, 0.25) is 5.91 Å². The third-order valence-corrected chi connectivity index (χ3v) is 5.91. The molecule has 29 heavy (non-hydrogen) atoms. The van der Waals surface area contributed by atoms with Crippen LogP contribution in [-0.4, -0.2) is 50.6 Å². The second-order valence-electron chi connectivity index (χ2n) is 7.69. The first kappa shape index (κ1) is 20.0. The van der Waals surface area contributed by atoms with Crippen LogP contribution in [0.1, 0.15) is 43.1 Å². The topological polar surface area (TPSA) is 60.1 Å². The number of nitrogens with zero attached hydrogens (tertiary/aromatic N) is 4. The van der Waals surface area contributed by atoms with Crippen LogP contribution in [0.4, 0.5) is 13.2 Å². The monoisotopic (exact) mass is 428 g/mol. The first-order chi connectivity index (χ1) is 13.8. The molecule has 0 spiro atoms. The van der Waals surface area contributed by atoms with Crippen LogP contribution in [0.2, 0.25) is 5.02 Å². The Morgan fingerprint density at radius 1 is 1.24 bits per heavy atom. The number of fused-ring (bicyclic) bond motifs is 1. The quantitative estimate of drug-likeness (QED) is 0.755. The number of aromatic nitrogens is 3. The van der Waals surface area contributed by atoms with E-state index < -0.39 is 35.8 Å². The second-order valence-corrected chi connectivity index (χ2v) is 8.09. The van der Waals surface area contributed by atoms with Gasteiger partial charge in [-0.15, -0.1) is 0 Å². The first-order valence-corrected chi connectivity index (χ1v) is 9.84. The Labute approximate surface area is 169 Å². The van der Waals surface area contributed by atoms with Crippen molar-refractivity contribution in [3.63, 3.8) is 0 Å². The third-order valence-electron chi connectivity index (χ3n) is 5.62. The van der Waals surface area contributed by atoms with Crippen molar-refractivity contribution in [2.24, 2.45) is 0 Å². The fraction of sp³-hybridized carbons (Fsp3) is 0.526. The largest absolute Gasteiger partial charge is 0.347 e. The van der Waals surface area contributed by atoms with Gasteiger partial charge in [-0.2, -0.15) is 5.10 Å². The lowest BCUT2D eigenvalue weighted by Crippen LogP contribution is -2.42. The molecule has 1 saturated heterocycles. The highest BCUT2D eigenvalue weighted by molar-refractivity contribution is 6.30. The van der Waals surface area contributed by atoms with Gasteiger partial charge >= 0.3 is 5.69 Å². The van der Waals surface area contributed by atoms with Gasteiger partial charge in [-0.05, 0) is 30.5 Å². The molecule has 4 atom stereocenters. The molecule has 2 aromatic rings. The van der Waals surface area contributed by atoms with Gasteiger partial charge < -0.3 is 4.90 Å². The number of benzene rings is 1. The highest BCUT2D eigenvalue weighted by atomic mass is 35.5. The Balaban J connectivity index is 1.65. The van der Waals surface area contributed by atoms with E-state index in [1.54, 1.807) is 0 Å². The Hall–Kier alpha value is -2.29. The van der Waals surface area contributed by atoms with E-state index in [-0.39, 0.29) is 30.6 Å². The van der Waals surface area contributed by atoms with Gasteiger partial charge in [-0.3, -0.25) is 9.36 Å². The van der Waals surface area contributed by atoms with E-state index in [2.05, 4.69) is 5.10 Å². The smallest absolute Gasteiger partial charge is 0.335 e. The van der Waals surface area contributed by atoms with Crippen molar-refractivity contribution in [3.05, 3.63) is 50.9 Å². The first-order valence-electron chi connectivity index (χ1n) is 9.46. The van der Waals surface area contributed by atoms with Crippen LogP contribution < -0.4 is 5.69 Å². The van der Waals surface area contributed by atoms with E-state index >= 15 is 0 Å². The van der Waals surface area contributed by atoms with Crippen LogP contribution in [0.3, 0.4) is 0 Å². The van der Waals surface area contributed by atoms with Gasteiger partial charge in [0.1, 0.15) is 17.7 Å². The summed E-state index contributed by atoms with van der Waals surface area (Å²) in [6, 6.07) is 3.30. The highest BCUT2D eigenvalue weighted by Gasteiger charge is 2.41. The van der Waals surface area contributed by atoms with Crippen molar-refractivity contribution in [3.8, 4) is 0 Å². The zero-order chi connectivity index (χ0) is 20.9. The number of halogens is 4. The Morgan fingerprint density at radius 2 is 1.93 bits per heavy atom. The Morgan fingerprint density at radius 3 is 2.59 bits per heavy atom. The molecular weight excluding hydrogens is 409 g/mol. The predicted molar refractivity (Wildman–Crippen MR) is 100 cm³/mol. The number of amides is 1. The number of rotatable bonds is 3. The summed E-state index contributed by atoms with van der Waals surface area (Å²) in [4.78, 5) is 27.1. The Kier molecular flexibility index (Phi) is 5.18. The van der Waals surface area contributed by atoms with Crippen LogP contribution in [-0.2, 0) is 11.3 Å². The van der Waals surface area contributed by atoms with Crippen molar-refractivity contribution in [1.82, 2.24) is 19.2 Å². The predicted octanol–water partition coefficient (Wildman–Crippen LogP) is 2.84. The Bertz CT molecular complexity index is 998. The van der Waals surface area contributed by atoms with E-state index in [4.69, 9.17) is 11.6 Å². The lowest BCUT2D eigenvalue weighted by molar-refractivity contribution is -0.134. The standard InChI is InChI=1S/C19H20ClF3N4O2/c1-10-2-5-16(18(28)25-8-14(22)15(23)9-25)27-17(10)24-26(19(27)29)7-11-3-4-13(21)12(20)6-11/h3-4,6,10,14-16H,2,5,7-9H2,1H3. The SMILES string of the molecule is CC1CCC(C(=O)N2CC(F)C(F)C2)n2c1nn(Cc1ccc(F)c(Cl)c1)c2=O. The summed E-state index contributed by atoms with van der Waals surface area (Å²) in [6.45, 7) is 1.36. The summed E-state index contributed by atoms with van der Waals surface area (Å²) in [5.74, 6) is -0.617. The van der Waals surface area contributed by atoms with E-state index in [0.717, 1.165) is 4.90 Å². The number of carbonyl (C=O) groups excluding carboxylic acids is 1. The number of carbonyl (C=O) groups is 1. The number of alkyl halides is 2. The van der Waals surface area contributed by atoms with Crippen LogP contribution in [0.15, 0.2) is 23.0 Å². The molecule has 3 heterocycles. The van der Waals surface area contributed by atoms with Gasteiger partial charge in [-0.25, -0.2) is 22.6 Å². The van der Waals surface area contributed by atoms with Gasteiger partial charge in [0.25, 0.3) is 0 Å². The molecule has 4 rings (SSSR count). The van der Waals surface area contributed by atoms with E-state index in [0.29, 0.717) is 24.2 Å². The minimum Gasteiger partial charge on any atom is -0.335 e. The molecule has 1 amide bonds. The van der Waals surface area contributed by atoms with Gasteiger partial charge in [0.15, 0.2) is 12.3 Å². The van der Waals surface area contributed by atoms with Gasteiger partial charge in [0, 0.05) is 5.92 Å².